The molecule has 0 bridgehead atoms. The molecule has 2 unspecified atom stereocenters. The summed E-state index contributed by atoms with van der Waals surface area (Å²) in [7, 11) is 0. The predicted molar refractivity (Wildman–Crippen MR) is 73.0 cm³/mol. The van der Waals surface area contributed by atoms with Crippen molar-refractivity contribution in [2.45, 2.75) is 25.2 Å². The molecule has 2 aromatic rings. The van der Waals surface area contributed by atoms with Crippen LogP contribution in [0, 0.1) is 0 Å². The molecule has 2 heteroatoms. The molecular formula is C16H18O2. The van der Waals surface area contributed by atoms with Crippen LogP contribution in [0.5, 0.6) is 0 Å². The summed E-state index contributed by atoms with van der Waals surface area (Å²) in [6, 6.07) is 19.8. The average Bonchev–Trinajstić information content (AvgIpc) is 2.80. The fourth-order valence-electron chi connectivity index (χ4n) is 2.89. The Bertz CT molecular complexity index is 493. The van der Waals surface area contributed by atoms with Crippen LogP contribution in [0.25, 0.3) is 0 Å². The maximum absolute atomic E-state index is 6.00. The van der Waals surface area contributed by atoms with Crippen LogP contribution in [0.3, 0.4) is 0 Å². The van der Waals surface area contributed by atoms with Gasteiger partial charge < -0.3 is 0 Å². The van der Waals surface area contributed by atoms with Crippen LogP contribution in [0.15, 0.2) is 54.6 Å². The summed E-state index contributed by atoms with van der Waals surface area (Å²) in [6.45, 7) is 2.34. The SMILES string of the molecule is CC1CC(c2ccccc2)c2ccccc21.OO. The first-order valence-electron chi connectivity index (χ1n) is 6.20. The molecule has 0 saturated heterocycles. The lowest BCUT2D eigenvalue weighted by Gasteiger charge is -2.11. The third-order valence-corrected chi connectivity index (χ3v) is 3.69. The van der Waals surface area contributed by atoms with Crippen molar-refractivity contribution in [2.75, 3.05) is 0 Å². The van der Waals surface area contributed by atoms with Gasteiger partial charge in [0, 0.05) is 5.92 Å². The van der Waals surface area contributed by atoms with Crippen LogP contribution in [0.4, 0.5) is 0 Å². The van der Waals surface area contributed by atoms with Crippen molar-refractivity contribution in [3.8, 4) is 0 Å². The van der Waals surface area contributed by atoms with Gasteiger partial charge in [0.1, 0.15) is 0 Å². The summed E-state index contributed by atoms with van der Waals surface area (Å²) < 4.78 is 0. The van der Waals surface area contributed by atoms with E-state index in [0.717, 1.165) is 0 Å². The molecule has 0 saturated carbocycles. The van der Waals surface area contributed by atoms with Crippen molar-refractivity contribution < 1.29 is 10.5 Å². The number of fused-ring (bicyclic) bond motifs is 1. The second-order valence-electron chi connectivity index (χ2n) is 4.73. The van der Waals surface area contributed by atoms with Gasteiger partial charge in [-0.25, -0.2) is 0 Å². The molecule has 18 heavy (non-hydrogen) atoms. The minimum Gasteiger partial charge on any atom is -0.255 e. The summed E-state index contributed by atoms with van der Waals surface area (Å²) in [4.78, 5) is 0. The van der Waals surface area contributed by atoms with Crippen molar-refractivity contribution in [3.63, 3.8) is 0 Å². The smallest absolute Gasteiger partial charge is 0.00978 e. The van der Waals surface area contributed by atoms with Crippen LogP contribution in [-0.4, -0.2) is 10.5 Å². The monoisotopic (exact) mass is 242 g/mol. The van der Waals surface area contributed by atoms with Crippen molar-refractivity contribution >= 4 is 0 Å². The maximum atomic E-state index is 6.00. The van der Waals surface area contributed by atoms with E-state index in [4.69, 9.17) is 10.5 Å². The molecule has 94 valence electrons. The molecule has 0 heterocycles. The molecular weight excluding hydrogens is 224 g/mol. The van der Waals surface area contributed by atoms with E-state index in [-0.39, 0.29) is 0 Å². The van der Waals surface area contributed by atoms with Gasteiger partial charge in [0.2, 0.25) is 0 Å². The second-order valence-corrected chi connectivity index (χ2v) is 4.73. The van der Waals surface area contributed by atoms with E-state index in [2.05, 4.69) is 61.5 Å². The Labute approximate surface area is 107 Å². The fraction of sp³-hybridized carbons (Fsp3) is 0.250. The maximum Gasteiger partial charge on any atom is 0.00978 e. The van der Waals surface area contributed by atoms with Gasteiger partial charge in [-0.2, -0.15) is 0 Å². The van der Waals surface area contributed by atoms with Crippen molar-refractivity contribution in [1.29, 1.82) is 0 Å². The average molecular weight is 242 g/mol. The largest absolute Gasteiger partial charge is 0.255 e. The lowest BCUT2D eigenvalue weighted by atomic mass is 9.93. The van der Waals surface area contributed by atoms with E-state index in [1.54, 1.807) is 0 Å². The highest BCUT2D eigenvalue weighted by Crippen LogP contribution is 2.44. The highest BCUT2D eigenvalue weighted by molar-refractivity contribution is 5.44. The van der Waals surface area contributed by atoms with E-state index >= 15 is 0 Å². The highest BCUT2D eigenvalue weighted by atomic mass is 17.0. The third kappa shape index (κ3) is 2.30. The van der Waals surface area contributed by atoms with Gasteiger partial charge >= 0.3 is 0 Å². The van der Waals surface area contributed by atoms with E-state index in [1.807, 2.05) is 0 Å². The third-order valence-electron chi connectivity index (χ3n) is 3.69. The van der Waals surface area contributed by atoms with Crippen molar-refractivity contribution in [2.24, 2.45) is 0 Å². The van der Waals surface area contributed by atoms with Crippen LogP contribution in [-0.2, 0) is 0 Å². The highest BCUT2D eigenvalue weighted by Gasteiger charge is 2.28. The zero-order valence-electron chi connectivity index (χ0n) is 10.5. The Morgan fingerprint density at radius 1 is 0.833 bits per heavy atom. The Hall–Kier alpha value is -1.64. The molecule has 2 N–H and O–H groups in total. The summed E-state index contributed by atoms with van der Waals surface area (Å²) >= 11 is 0. The lowest BCUT2D eigenvalue weighted by molar-refractivity contribution is -0.176. The van der Waals surface area contributed by atoms with Gasteiger partial charge in [-0.05, 0) is 29.0 Å². The first-order valence-corrected chi connectivity index (χ1v) is 6.20. The Balaban J connectivity index is 0.000000574. The molecule has 1 aliphatic rings. The Morgan fingerprint density at radius 2 is 1.39 bits per heavy atom. The van der Waals surface area contributed by atoms with Gasteiger partial charge in [-0.3, -0.25) is 10.5 Å². The molecule has 2 nitrogen and oxygen atoms in total. The Kier molecular flexibility index (Phi) is 4.13. The second kappa shape index (κ2) is 5.80. The van der Waals surface area contributed by atoms with E-state index < -0.39 is 0 Å². The molecule has 2 atom stereocenters. The minimum absolute atomic E-state index is 0.604. The van der Waals surface area contributed by atoms with E-state index in [9.17, 15) is 0 Å². The molecule has 1 aliphatic carbocycles. The van der Waals surface area contributed by atoms with Gasteiger partial charge in [0.05, 0.1) is 0 Å². The van der Waals surface area contributed by atoms with Gasteiger partial charge in [0.15, 0.2) is 0 Å². The zero-order chi connectivity index (χ0) is 13.0. The zero-order valence-corrected chi connectivity index (χ0v) is 10.5. The lowest BCUT2D eigenvalue weighted by Crippen LogP contribution is -1.95. The van der Waals surface area contributed by atoms with Gasteiger partial charge in [-0.1, -0.05) is 61.5 Å². The fourth-order valence-corrected chi connectivity index (χ4v) is 2.89. The summed E-state index contributed by atoms with van der Waals surface area (Å²) in [6.07, 6.45) is 1.25. The summed E-state index contributed by atoms with van der Waals surface area (Å²) in [5.74, 6) is 1.30. The summed E-state index contributed by atoms with van der Waals surface area (Å²) in [5.41, 5.74) is 4.52. The Morgan fingerprint density at radius 3 is 2.06 bits per heavy atom. The quantitative estimate of drug-likeness (QED) is 0.576. The van der Waals surface area contributed by atoms with Crippen LogP contribution < -0.4 is 0 Å². The molecule has 0 radical (unpaired) electrons. The van der Waals surface area contributed by atoms with Crippen LogP contribution >= 0.6 is 0 Å². The topological polar surface area (TPSA) is 40.5 Å². The molecule has 0 fully saturated rings. The molecule has 0 aromatic heterocycles. The molecule has 3 rings (SSSR count). The van der Waals surface area contributed by atoms with Gasteiger partial charge in [-0.15, -0.1) is 0 Å². The molecule has 2 aromatic carbocycles. The number of hydrogen-bond acceptors (Lipinski definition) is 2. The van der Waals surface area contributed by atoms with Crippen molar-refractivity contribution in [3.05, 3.63) is 71.3 Å². The number of rotatable bonds is 1. The first-order chi connectivity index (χ1) is 8.86. The number of benzene rings is 2. The van der Waals surface area contributed by atoms with Crippen LogP contribution in [0.1, 0.15) is 41.9 Å². The first kappa shape index (κ1) is 12.8. The van der Waals surface area contributed by atoms with E-state index in [1.165, 1.54) is 23.1 Å². The molecule has 0 aliphatic heterocycles. The standard InChI is InChI=1S/C16H16.H2O2/c1-12-11-16(13-7-3-2-4-8-13)15-10-6-5-9-14(12)15;1-2/h2-10,12,16H,11H2,1H3;1-2H. The molecule has 0 amide bonds. The van der Waals surface area contributed by atoms with Gasteiger partial charge in [0.25, 0.3) is 0 Å². The summed E-state index contributed by atoms with van der Waals surface area (Å²) in [5, 5.41) is 12.0. The normalized spacial score (nSPS) is 20.8. The predicted octanol–water partition coefficient (Wildman–Crippen LogP) is 4.34. The van der Waals surface area contributed by atoms with E-state index in [0.29, 0.717) is 11.8 Å². The molecule has 0 spiro atoms. The number of hydrogen-bond donors (Lipinski definition) is 2. The van der Waals surface area contributed by atoms with Crippen molar-refractivity contribution in [1.82, 2.24) is 0 Å². The minimum atomic E-state index is 0.604. The van der Waals surface area contributed by atoms with Crippen LogP contribution in [0.2, 0.25) is 0 Å².